The van der Waals surface area contributed by atoms with Crippen LogP contribution in [0.2, 0.25) is 0 Å². The molecular weight excluding hydrogens is 278 g/mol. The topological polar surface area (TPSA) is 97.2 Å². The largest absolute Gasteiger partial charge is 0.378 e. The molecule has 0 bridgehead atoms. The fourth-order valence-electron chi connectivity index (χ4n) is 2.34. The van der Waals surface area contributed by atoms with Crippen LogP contribution in [0.15, 0.2) is 23.4 Å². The van der Waals surface area contributed by atoms with Crippen LogP contribution in [0.5, 0.6) is 0 Å². The molecule has 0 aromatic carbocycles. The van der Waals surface area contributed by atoms with Crippen molar-refractivity contribution in [1.82, 2.24) is 9.71 Å². The second-order valence-electron chi connectivity index (χ2n) is 5.21. The van der Waals surface area contributed by atoms with Gasteiger partial charge in [0.1, 0.15) is 0 Å². The molecule has 6 nitrogen and oxygen atoms in total. The lowest BCUT2D eigenvalue weighted by atomic mass is 9.94. The van der Waals surface area contributed by atoms with Crippen molar-refractivity contribution in [1.29, 1.82) is 0 Å². The van der Waals surface area contributed by atoms with Gasteiger partial charge in [-0.2, -0.15) is 0 Å². The van der Waals surface area contributed by atoms with Crippen molar-refractivity contribution in [2.75, 3.05) is 13.2 Å². The lowest BCUT2D eigenvalue weighted by Crippen LogP contribution is -2.31. The first kappa shape index (κ1) is 15.5. The monoisotopic (exact) mass is 301 g/mol. The fourth-order valence-corrected chi connectivity index (χ4v) is 3.39. The van der Waals surface area contributed by atoms with Gasteiger partial charge in [-0.05, 0) is 38.2 Å². The van der Waals surface area contributed by atoms with Gasteiger partial charge in [-0.3, -0.25) is 0 Å². The minimum absolute atomic E-state index is 0.264. The summed E-state index contributed by atoms with van der Waals surface area (Å²) in [5.41, 5.74) is 5.83. The van der Waals surface area contributed by atoms with Crippen molar-refractivity contribution >= 4 is 10.0 Å². The van der Waals surface area contributed by atoms with Gasteiger partial charge >= 0.3 is 0 Å². The first-order valence-electron chi connectivity index (χ1n) is 7.07. The molecule has 1 heterocycles. The maximum atomic E-state index is 11.8. The molecule has 1 saturated carbocycles. The third kappa shape index (κ3) is 4.59. The molecule has 1 aliphatic rings. The number of sulfonamides is 1. The highest BCUT2D eigenvalue weighted by molar-refractivity contribution is 7.89. The number of aromatic nitrogens is 1. The van der Waals surface area contributed by atoms with Gasteiger partial charge in [0.2, 0.25) is 10.0 Å². The molecule has 0 aliphatic heterocycles. The van der Waals surface area contributed by atoms with Gasteiger partial charge in [-0.1, -0.05) is 0 Å². The van der Waals surface area contributed by atoms with E-state index < -0.39 is 10.0 Å². The zero-order valence-electron chi connectivity index (χ0n) is 11.5. The van der Waals surface area contributed by atoms with E-state index >= 15 is 0 Å². The predicted octanol–water partition coefficient (Wildman–Crippen LogP) is 0.970. The summed E-state index contributed by atoms with van der Waals surface area (Å²) in [6, 6.07) is 1.85. The van der Waals surface area contributed by atoms with E-state index in [1.807, 2.05) is 0 Å². The Kier molecular flexibility index (Phi) is 5.59. The Morgan fingerprint density at radius 2 is 2.10 bits per heavy atom. The second-order valence-corrected chi connectivity index (χ2v) is 6.97. The Balaban J connectivity index is 1.60. The molecule has 2 rings (SSSR count). The smallest absolute Gasteiger partial charge is 0.242 e. The molecule has 7 heteroatoms. The van der Waals surface area contributed by atoms with Gasteiger partial charge in [0.15, 0.2) is 0 Å². The van der Waals surface area contributed by atoms with Crippen LogP contribution in [0.4, 0.5) is 0 Å². The summed E-state index contributed by atoms with van der Waals surface area (Å²) >= 11 is 0. The standard InChI is InChI=1S/C13H23N3O3S/c14-11-2-4-12(5-3-11)19-9-1-7-16-20(17,18)13-6-8-15-10-13/h6,8,10-12,15-16H,1-5,7,9,14H2. The SMILES string of the molecule is NC1CCC(OCCCNS(=O)(=O)c2cc[nH]c2)CC1. The second kappa shape index (κ2) is 7.21. The van der Waals surface area contributed by atoms with E-state index in [0.717, 1.165) is 25.7 Å². The van der Waals surface area contributed by atoms with Gasteiger partial charge < -0.3 is 15.5 Å². The molecule has 0 spiro atoms. The molecule has 0 amide bonds. The Morgan fingerprint density at radius 3 is 2.75 bits per heavy atom. The van der Waals surface area contributed by atoms with E-state index in [1.54, 1.807) is 6.20 Å². The van der Waals surface area contributed by atoms with Gasteiger partial charge in [0, 0.05) is 31.6 Å². The van der Waals surface area contributed by atoms with Gasteiger partial charge in [0.05, 0.1) is 11.0 Å². The number of rotatable bonds is 7. The molecule has 1 aromatic heterocycles. The number of hydrogen-bond donors (Lipinski definition) is 3. The van der Waals surface area contributed by atoms with E-state index in [1.165, 1.54) is 12.3 Å². The Bertz CT molecular complexity index is 479. The maximum Gasteiger partial charge on any atom is 0.242 e. The van der Waals surface area contributed by atoms with Crippen LogP contribution >= 0.6 is 0 Å². The minimum Gasteiger partial charge on any atom is -0.378 e. The van der Waals surface area contributed by atoms with Gasteiger partial charge in [-0.25, -0.2) is 13.1 Å². The summed E-state index contributed by atoms with van der Waals surface area (Å²) < 4.78 is 31.9. The van der Waals surface area contributed by atoms with Crippen LogP contribution in [0.25, 0.3) is 0 Å². The molecule has 0 unspecified atom stereocenters. The molecule has 0 saturated heterocycles. The minimum atomic E-state index is -3.38. The molecule has 1 aromatic rings. The van der Waals surface area contributed by atoms with Crippen molar-refractivity contribution in [2.24, 2.45) is 5.73 Å². The third-order valence-electron chi connectivity index (χ3n) is 3.57. The molecule has 0 atom stereocenters. The Labute approximate surface area is 120 Å². The Hall–Kier alpha value is -0.890. The van der Waals surface area contributed by atoms with Crippen LogP contribution in [0.3, 0.4) is 0 Å². The van der Waals surface area contributed by atoms with Crippen molar-refractivity contribution in [3.63, 3.8) is 0 Å². The van der Waals surface area contributed by atoms with E-state index in [4.69, 9.17) is 10.5 Å². The van der Waals surface area contributed by atoms with E-state index in [-0.39, 0.29) is 11.0 Å². The average Bonchev–Trinajstić information content (AvgIpc) is 2.95. The van der Waals surface area contributed by atoms with E-state index in [0.29, 0.717) is 25.6 Å². The highest BCUT2D eigenvalue weighted by Gasteiger charge is 2.18. The van der Waals surface area contributed by atoms with Gasteiger partial charge in [0.25, 0.3) is 0 Å². The van der Waals surface area contributed by atoms with Gasteiger partial charge in [-0.15, -0.1) is 0 Å². The summed E-state index contributed by atoms with van der Waals surface area (Å²) in [5, 5.41) is 0. The lowest BCUT2D eigenvalue weighted by Gasteiger charge is -2.26. The van der Waals surface area contributed by atoms with Crippen LogP contribution in [-0.2, 0) is 14.8 Å². The average molecular weight is 301 g/mol. The summed E-state index contributed by atoms with van der Waals surface area (Å²) in [5.74, 6) is 0. The van der Waals surface area contributed by atoms with Crippen LogP contribution < -0.4 is 10.5 Å². The fraction of sp³-hybridized carbons (Fsp3) is 0.692. The molecule has 114 valence electrons. The highest BCUT2D eigenvalue weighted by Crippen LogP contribution is 2.19. The van der Waals surface area contributed by atoms with Crippen molar-refractivity contribution in [3.8, 4) is 0 Å². The summed E-state index contributed by atoms with van der Waals surface area (Å²) in [4.78, 5) is 2.99. The number of aromatic amines is 1. The zero-order valence-corrected chi connectivity index (χ0v) is 12.4. The third-order valence-corrected chi connectivity index (χ3v) is 5.02. The summed E-state index contributed by atoms with van der Waals surface area (Å²) in [6.07, 6.45) is 8.07. The van der Waals surface area contributed by atoms with Crippen molar-refractivity contribution in [3.05, 3.63) is 18.5 Å². The number of ether oxygens (including phenoxy) is 1. The summed E-state index contributed by atoms with van der Waals surface area (Å²) in [6.45, 7) is 0.968. The normalized spacial score (nSPS) is 23.9. The molecule has 1 aliphatic carbocycles. The number of H-pyrrole nitrogens is 1. The number of nitrogens with two attached hydrogens (primary N) is 1. The molecular formula is C13H23N3O3S. The summed E-state index contributed by atoms with van der Waals surface area (Å²) in [7, 11) is -3.38. The molecule has 1 fully saturated rings. The first-order valence-corrected chi connectivity index (χ1v) is 8.56. The van der Waals surface area contributed by atoms with Crippen LogP contribution in [-0.4, -0.2) is 38.7 Å². The van der Waals surface area contributed by atoms with E-state index in [2.05, 4.69) is 9.71 Å². The zero-order chi connectivity index (χ0) is 14.4. The van der Waals surface area contributed by atoms with Crippen LogP contribution in [0.1, 0.15) is 32.1 Å². The number of nitrogens with one attached hydrogen (secondary N) is 2. The molecule has 4 N–H and O–H groups in total. The highest BCUT2D eigenvalue weighted by atomic mass is 32.2. The van der Waals surface area contributed by atoms with Crippen molar-refractivity contribution in [2.45, 2.75) is 49.1 Å². The van der Waals surface area contributed by atoms with E-state index in [9.17, 15) is 8.42 Å². The molecule has 20 heavy (non-hydrogen) atoms. The first-order chi connectivity index (χ1) is 9.58. The maximum absolute atomic E-state index is 11.8. The van der Waals surface area contributed by atoms with Crippen LogP contribution in [0, 0.1) is 0 Å². The molecule has 0 radical (unpaired) electrons. The van der Waals surface area contributed by atoms with Crippen molar-refractivity contribution < 1.29 is 13.2 Å². The predicted molar refractivity (Wildman–Crippen MR) is 76.8 cm³/mol. The quantitative estimate of drug-likeness (QED) is 0.654. The lowest BCUT2D eigenvalue weighted by molar-refractivity contribution is 0.0245. The Morgan fingerprint density at radius 1 is 1.35 bits per heavy atom. The number of hydrogen-bond acceptors (Lipinski definition) is 4.